The molecule has 0 aliphatic rings. The van der Waals surface area contributed by atoms with Gasteiger partial charge in [0.25, 0.3) is 0 Å². The number of carbonyl (C=O) groups excluding carboxylic acids is 3. The summed E-state index contributed by atoms with van der Waals surface area (Å²) in [4.78, 5) is 53.8. The Morgan fingerprint density at radius 2 is 1.50 bits per heavy atom. The van der Waals surface area contributed by atoms with Crippen molar-refractivity contribution in [3.05, 3.63) is 29.8 Å². The zero-order valence-electron chi connectivity index (χ0n) is 21.6. The van der Waals surface area contributed by atoms with Crippen LogP contribution < -0.4 is 38.9 Å². The Kier molecular flexibility index (Phi) is 14.2. The largest absolute Gasteiger partial charge is 0.508 e. The predicted molar refractivity (Wildman–Crippen MR) is 142 cm³/mol. The van der Waals surface area contributed by atoms with Crippen LogP contribution in [0.4, 0.5) is 0 Å². The van der Waals surface area contributed by atoms with Crippen LogP contribution in [0.15, 0.2) is 29.3 Å². The third kappa shape index (κ3) is 12.4. The van der Waals surface area contributed by atoms with Gasteiger partial charge in [0.1, 0.15) is 23.9 Å². The molecular weight excluding hydrogens is 496 g/mol. The van der Waals surface area contributed by atoms with Gasteiger partial charge in [-0.1, -0.05) is 12.1 Å². The van der Waals surface area contributed by atoms with Crippen LogP contribution in [0.5, 0.6) is 5.75 Å². The molecule has 14 nitrogen and oxygen atoms in total. The number of guanidine groups is 1. The van der Waals surface area contributed by atoms with Gasteiger partial charge in [-0.05, 0) is 63.3 Å². The minimum Gasteiger partial charge on any atom is -0.508 e. The lowest BCUT2D eigenvalue weighted by atomic mass is 10.0. The maximum Gasteiger partial charge on any atom is 0.325 e. The minimum absolute atomic E-state index is 0.0331. The van der Waals surface area contributed by atoms with Crippen LogP contribution in [-0.2, 0) is 25.6 Å². The van der Waals surface area contributed by atoms with E-state index < -0.39 is 47.9 Å². The molecule has 0 heterocycles. The second-order valence-corrected chi connectivity index (χ2v) is 8.90. The number of aromatic hydroxyl groups is 1. The maximum absolute atomic E-state index is 13.3. The fourth-order valence-electron chi connectivity index (χ4n) is 3.42. The molecule has 0 saturated heterocycles. The van der Waals surface area contributed by atoms with Crippen molar-refractivity contribution >= 4 is 29.7 Å². The number of hydrogen-bond acceptors (Lipinski definition) is 8. The number of phenolic OH excluding ortho intramolecular Hbond substituents is 1. The molecule has 0 aromatic heterocycles. The number of aliphatic imine (C=N–C) groups is 1. The summed E-state index contributed by atoms with van der Waals surface area (Å²) < 4.78 is 0. The highest BCUT2D eigenvalue weighted by Crippen LogP contribution is 2.12. The second kappa shape index (κ2) is 16.8. The Hall–Kier alpha value is -3.91. The van der Waals surface area contributed by atoms with E-state index in [2.05, 4.69) is 20.9 Å². The average Bonchev–Trinajstić information content (AvgIpc) is 2.86. The van der Waals surface area contributed by atoms with E-state index in [1.54, 1.807) is 12.1 Å². The highest BCUT2D eigenvalue weighted by molar-refractivity contribution is 5.94. The van der Waals surface area contributed by atoms with Crippen LogP contribution in [0.3, 0.4) is 0 Å². The highest BCUT2D eigenvalue weighted by atomic mass is 16.4. The van der Waals surface area contributed by atoms with Crippen LogP contribution in [0.2, 0.25) is 0 Å². The van der Waals surface area contributed by atoms with Gasteiger partial charge in [-0.25, -0.2) is 0 Å². The van der Waals surface area contributed by atoms with Gasteiger partial charge in [-0.3, -0.25) is 24.2 Å². The molecule has 13 N–H and O–H groups in total. The molecule has 3 amide bonds. The predicted octanol–water partition coefficient (Wildman–Crippen LogP) is -2.00. The van der Waals surface area contributed by atoms with Crippen molar-refractivity contribution in [2.24, 2.45) is 27.9 Å². The molecule has 0 bridgehead atoms. The Balaban J connectivity index is 3.03. The molecule has 1 aromatic carbocycles. The molecule has 0 fully saturated rings. The molecule has 0 aliphatic heterocycles. The number of carboxylic acids is 1. The quantitative estimate of drug-likeness (QED) is 0.0600. The number of hydrogen-bond donors (Lipinski definition) is 9. The van der Waals surface area contributed by atoms with Gasteiger partial charge in [-0.15, -0.1) is 0 Å². The summed E-state index contributed by atoms with van der Waals surface area (Å²) in [5, 5.41) is 26.3. The van der Waals surface area contributed by atoms with Crippen LogP contribution >= 0.6 is 0 Å². The van der Waals surface area contributed by atoms with E-state index in [0.29, 0.717) is 31.4 Å². The van der Waals surface area contributed by atoms with Gasteiger partial charge >= 0.3 is 5.97 Å². The fraction of sp³-hybridized carbons (Fsp3) is 0.542. The molecule has 0 aliphatic carbocycles. The Labute approximate surface area is 221 Å². The third-order valence-corrected chi connectivity index (χ3v) is 5.62. The van der Waals surface area contributed by atoms with Gasteiger partial charge in [0.15, 0.2) is 5.96 Å². The van der Waals surface area contributed by atoms with Crippen LogP contribution in [0.1, 0.15) is 44.6 Å². The summed E-state index contributed by atoms with van der Waals surface area (Å²) in [6.07, 6.45) is 2.05. The lowest BCUT2D eigenvalue weighted by Crippen LogP contribution is -2.57. The zero-order chi connectivity index (χ0) is 28.7. The first-order valence-corrected chi connectivity index (χ1v) is 12.4. The topological polar surface area (TPSA) is 261 Å². The van der Waals surface area contributed by atoms with Gasteiger partial charge < -0.3 is 49.1 Å². The van der Waals surface area contributed by atoms with Gasteiger partial charge in [-0.2, -0.15) is 0 Å². The van der Waals surface area contributed by atoms with Crippen molar-refractivity contribution < 1.29 is 29.4 Å². The monoisotopic (exact) mass is 536 g/mol. The van der Waals surface area contributed by atoms with Crippen LogP contribution in [0, 0.1) is 0 Å². The van der Waals surface area contributed by atoms with Gasteiger partial charge in [0.05, 0.1) is 6.04 Å². The number of benzene rings is 1. The summed E-state index contributed by atoms with van der Waals surface area (Å²) >= 11 is 0. The number of nitrogens with zero attached hydrogens (tertiary/aromatic N) is 1. The molecule has 1 aromatic rings. The van der Waals surface area contributed by atoms with Crippen molar-refractivity contribution in [2.75, 3.05) is 13.1 Å². The van der Waals surface area contributed by atoms with Crippen molar-refractivity contribution in [3.63, 3.8) is 0 Å². The number of carboxylic acid groups (broad SMARTS) is 1. The molecule has 4 unspecified atom stereocenters. The molecular formula is C24H40N8O6. The van der Waals surface area contributed by atoms with Crippen molar-refractivity contribution in [1.29, 1.82) is 0 Å². The van der Waals surface area contributed by atoms with E-state index in [4.69, 9.17) is 28.0 Å². The number of carbonyl (C=O) groups is 4. The first-order chi connectivity index (χ1) is 17.9. The van der Waals surface area contributed by atoms with Crippen LogP contribution in [0.25, 0.3) is 0 Å². The average molecular weight is 537 g/mol. The molecule has 1 rings (SSSR count). The lowest BCUT2D eigenvalue weighted by molar-refractivity contribution is -0.141. The molecule has 4 atom stereocenters. The van der Waals surface area contributed by atoms with E-state index in [-0.39, 0.29) is 37.5 Å². The van der Waals surface area contributed by atoms with E-state index in [1.165, 1.54) is 19.1 Å². The summed E-state index contributed by atoms with van der Waals surface area (Å²) in [6, 6.07) is 1.80. The van der Waals surface area contributed by atoms with E-state index in [9.17, 15) is 24.3 Å². The summed E-state index contributed by atoms with van der Waals surface area (Å²) in [7, 11) is 0. The van der Waals surface area contributed by atoms with E-state index >= 15 is 0 Å². The van der Waals surface area contributed by atoms with Crippen LogP contribution in [-0.4, -0.2) is 77.1 Å². The fourth-order valence-corrected chi connectivity index (χ4v) is 3.42. The first-order valence-electron chi connectivity index (χ1n) is 12.4. The van der Waals surface area contributed by atoms with Crippen molar-refractivity contribution in [2.45, 2.75) is 69.6 Å². The normalized spacial score (nSPS) is 13.9. The zero-order valence-corrected chi connectivity index (χ0v) is 21.6. The molecule has 212 valence electrons. The molecule has 0 spiro atoms. The number of phenols is 1. The molecule has 14 heteroatoms. The van der Waals surface area contributed by atoms with E-state index in [0.717, 1.165) is 0 Å². The maximum atomic E-state index is 13.3. The summed E-state index contributed by atoms with van der Waals surface area (Å²) in [5.74, 6) is -3.18. The summed E-state index contributed by atoms with van der Waals surface area (Å²) in [6.45, 7) is 1.98. The van der Waals surface area contributed by atoms with Crippen molar-refractivity contribution in [1.82, 2.24) is 16.0 Å². The summed E-state index contributed by atoms with van der Waals surface area (Å²) in [5.41, 5.74) is 22.7. The Bertz CT molecular complexity index is 952. The Morgan fingerprint density at radius 1 is 0.895 bits per heavy atom. The SMILES string of the molecule is CC(NC(=O)C(CCCCN)NC(=O)C(Cc1ccc(O)cc1)NC(=O)C(N)CCCN=C(N)N)C(=O)O. The minimum atomic E-state index is -1.23. The van der Waals surface area contributed by atoms with Crippen molar-refractivity contribution in [3.8, 4) is 5.75 Å². The smallest absolute Gasteiger partial charge is 0.325 e. The van der Waals surface area contributed by atoms with E-state index in [1.807, 2.05) is 0 Å². The number of unbranched alkanes of at least 4 members (excludes halogenated alkanes) is 1. The number of aliphatic carboxylic acids is 1. The molecule has 0 saturated carbocycles. The number of amides is 3. The second-order valence-electron chi connectivity index (χ2n) is 8.90. The first kappa shape index (κ1) is 32.1. The molecule has 0 radical (unpaired) electrons. The van der Waals surface area contributed by atoms with Gasteiger partial charge in [0.2, 0.25) is 17.7 Å². The Morgan fingerprint density at radius 3 is 2.08 bits per heavy atom. The lowest BCUT2D eigenvalue weighted by Gasteiger charge is -2.25. The highest BCUT2D eigenvalue weighted by Gasteiger charge is 2.29. The van der Waals surface area contributed by atoms with Gasteiger partial charge in [0, 0.05) is 13.0 Å². The molecule has 38 heavy (non-hydrogen) atoms. The third-order valence-electron chi connectivity index (χ3n) is 5.62. The number of nitrogens with one attached hydrogen (secondary N) is 3. The number of rotatable bonds is 17. The number of nitrogens with two attached hydrogens (primary N) is 4. The standard InChI is InChI=1S/C24H40N8O6/c1-14(23(37)38)30-21(35)18(6-2-3-11-25)31-22(36)19(13-15-7-9-16(33)10-8-15)32-20(34)17(26)5-4-12-29-24(27)28/h7-10,14,17-19,33H,2-6,11-13,25-26H2,1H3,(H,30,35)(H,31,36)(H,32,34)(H,37,38)(H4,27,28,29).